The number of aliphatic hydroxyl groups is 2. The minimum Gasteiger partial charge on any atom is -0.756 e. The molecule has 0 amide bonds. The molecular formula is C12H19MnN6O15P3. The number of ether oxygens (including phenoxy) is 1. The molecule has 3 heterocycles. The Hall–Kier alpha value is -1.41. The number of aliphatic hydroxyl groups excluding tert-OH is 2. The first kappa shape index (κ1) is 33.6. The zero-order valence-electron chi connectivity index (χ0n) is 17.9. The van der Waals surface area contributed by atoms with Crippen molar-refractivity contribution < 1.29 is 88.3 Å². The molecule has 25 heteroatoms. The summed E-state index contributed by atoms with van der Waals surface area (Å²) in [6, 6.07) is 0. The van der Waals surface area contributed by atoms with Gasteiger partial charge < -0.3 is 60.4 Å². The number of carboxylic acids is 1. The molecule has 1 saturated heterocycles. The van der Waals surface area contributed by atoms with Crippen molar-refractivity contribution in [1.82, 2.24) is 19.5 Å². The van der Waals surface area contributed by atoms with Crippen LogP contribution in [0.5, 0.6) is 0 Å². The third kappa shape index (κ3) is 9.68. The van der Waals surface area contributed by atoms with E-state index in [0.717, 1.165) is 6.33 Å². The van der Waals surface area contributed by atoms with Crippen molar-refractivity contribution in [3.05, 3.63) is 12.7 Å². The Morgan fingerprint density at radius 2 is 1.73 bits per heavy atom. The number of fused-ring (bicyclic) bond motifs is 1. The zero-order chi connectivity index (χ0) is 27.5. The first-order chi connectivity index (χ1) is 16.5. The number of carbonyl (C=O) groups is 1. The van der Waals surface area contributed by atoms with Crippen molar-refractivity contribution >= 4 is 46.4 Å². The Balaban J connectivity index is 0.00000104. The van der Waals surface area contributed by atoms with Gasteiger partial charge in [-0.2, -0.15) is 4.31 Å². The molecule has 3 rings (SSSR count). The fourth-order valence-corrected chi connectivity index (χ4v) is 5.61. The molecule has 1 aliphatic heterocycles. The van der Waals surface area contributed by atoms with Gasteiger partial charge in [0.1, 0.15) is 30.2 Å². The Morgan fingerprint density at radius 3 is 2.27 bits per heavy atom. The van der Waals surface area contributed by atoms with Gasteiger partial charge in [-0.25, -0.2) is 28.4 Å². The van der Waals surface area contributed by atoms with E-state index in [2.05, 4.69) is 33.8 Å². The van der Waals surface area contributed by atoms with E-state index in [0.29, 0.717) is 0 Å². The van der Waals surface area contributed by atoms with Gasteiger partial charge in [0.15, 0.2) is 17.7 Å². The quantitative estimate of drug-likeness (QED) is 0.101. The van der Waals surface area contributed by atoms with E-state index in [9.17, 15) is 28.8 Å². The van der Waals surface area contributed by atoms with Crippen LogP contribution in [0.4, 0.5) is 5.82 Å². The molecule has 2 unspecified atom stereocenters. The van der Waals surface area contributed by atoms with Gasteiger partial charge in [-0.1, -0.05) is 0 Å². The molecule has 2 aromatic heterocycles. The Bertz CT molecular complexity index is 1230. The van der Waals surface area contributed by atoms with Gasteiger partial charge in [0.05, 0.1) is 18.9 Å². The van der Waals surface area contributed by atoms with Crippen LogP contribution in [0.3, 0.4) is 0 Å². The number of phosphoric acid groups is 3. The molecule has 6 atom stereocenters. The van der Waals surface area contributed by atoms with E-state index in [1.165, 1.54) is 10.9 Å². The van der Waals surface area contributed by atoms with Crippen LogP contribution in [0.25, 0.3) is 11.2 Å². The second-order valence-electron chi connectivity index (χ2n) is 6.57. The summed E-state index contributed by atoms with van der Waals surface area (Å²) >= 11 is 0. The van der Waals surface area contributed by atoms with Gasteiger partial charge >= 0.3 is 32.7 Å². The van der Waals surface area contributed by atoms with E-state index < -0.39 is 60.6 Å². The monoisotopic (exact) mass is 635 g/mol. The zero-order valence-corrected chi connectivity index (χ0v) is 21.7. The van der Waals surface area contributed by atoms with Crippen LogP contribution in [-0.2, 0) is 53.4 Å². The molecule has 0 bridgehead atoms. The number of hydrogen-bond acceptors (Lipinski definition) is 17. The van der Waals surface area contributed by atoms with Crippen molar-refractivity contribution in [3.8, 4) is 0 Å². The summed E-state index contributed by atoms with van der Waals surface area (Å²) in [5.74, 6) is -1.18. The van der Waals surface area contributed by atoms with Crippen LogP contribution in [0, 0.1) is 0 Å². The van der Waals surface area contributed by atoms with Crippen LogP contribution in [0.2, 0.25) is 0 Å². The van der Waals surface area contributed by atoms with Gasteiger partial charge in [0.2, 0.25) is 0 Å². The molecule has 0 spiro atoms. The van der Waals surface area contributed by atoms with Crippen molar-refractivity contribution in [2.75, 3.05) is 18.9 Å². The van der Waals surface area contributed by atoms with E-state index in [1.807, 2.05) is 0 Å². The number of hydrogen-bond donors (Lipinski definition) is 7. The standard InChI is InChI=1S/C10H16N5O13P3.C2H5NO2.Mn/c11-8-5-9(13-2-12-8)15(3-14-5)10-7(17)6(16)4(26-10)1-25-30(21,22)28-31(23,24)27-29(18,19)20;3-1-2(4)5;/h2-4,6-7,10,16-17H,1H2,(H,21,22)(H,23,24)(H2,11,12,13)(H2,18,19,20);1,3H2,(H,4,5);/q;;+2/p-2/t4-,6-,7-,10-;;/m1../s1. The van der Waals surface area contributed by atoms with Gasteiger partial charge in [-0.05, 0) is 0 Å². The molecule has 1 aliphatic rings. The third-order valence-corrected chi connectivity index (χ3v) is 7.74. The number of nitrogens with two attached hydrogens (primary N) is 2. The number of imidazole rings is 1. The number of aromatic nitrogens is 4. The number of carboxylic acid groups (broad SMARTS) is 1. The van der Waals surface area contributed by atoms with Crippen LogP contribution in [0.15, 0.2) is 12.7 Å². The summed E-state index contributed by atoms with van der Waals surface area (Å²) in [5.41, 5.74) is 10.5. The van der Waals surface area contributed by atoms with Crippen molar-refractivity contribution in [3.63, 3.8) is 0 Å². The number of anilines is 1. The minimum atomic E-state index is -5.76. The number of nitrogen functional groups attached to an aromatic ring is 1. The first-order valence-electron chi connectivity index (χ1n) is 9.07. The summed E-state index contributed by atoms with van der Waals surface area (Å²) in [7, 11) is -17.0. The fraction of sp³-hybridized carbons (Fsp3) is 0.500. The van der Waals surface area contributed by atoms with Crippen molar-refractivity contribution in [2.24, 2.45) is 5.73 Å². The van der Waals surface area contributed by atoms with Gasteiger partial charge in [0, 0.05) is 6.54 Å². The maximum absolute atomic E-state index is 11.7. The number of phosphoric ester groups is 1. The number of aliphatic carboxylic acids is 1. The molecular weight excluding hydrogens is 616 g/mol. The van der Waals surface area contributed by atoms with Gasteiger partial charge in [-0.15, -0.1) is 0 Å². The average Bonchev–Trinajstić information content (AvgIpc) is 3.27. The topological polar surface area (TPSA) is 348 Å². The first-order valence-corrected chi connectivity index (χ1v) is 13.6. The minimum absolute atomic E-state index is 0. The maximum Gasteiger partial charge on any atom is 2.00 e. The predicted molar refractivity (Wildman–Crippen MR) is 107 cm³/mol. The average molecular weight is 635 g/mol. The van der Waals surface area contributed by atoms with Crippen LogP contribution in [0.1, 0.15) is 6.23 Å². The molecule has 37 heavy (non-hydrogen) atoms. The smallest absolute Gasteiger partial charge is 0.756 e. The Labute approximate surface area is 216 Å². The predicted octanol–water partition coefficient (Wildman–Crippen LogP) is -4.57. The molecule has 0 aromatic carbocycles. The van der Waals surface area contributed by atoms with Crippen LogP contribution in [-0.4, -0.2) is 81.8 Å². The van der Waals surface area contributed by atoms with E-state index >= 15 is 0 Å². The largest absolute Gasteiger partial charge is 2.00 e. The summed E-state index contributed by atoms with van der Waals surface area (Å²) < 4.78 is 51.4. The Morgan fingerprint density at radius 1 is 1.14 bits per heavy atom. The number of carbonyl (C=O) groups excluding carboxylic acids is 1. The van der Waals surface area contributed by atoms with Crippen LogP contribution >= 0.6 is 23.5 Å². The van der Waals surface area contributed by atoms with E-state index in [1.54, 1.807) is 0 Å². The van der Waals surface area contributed by atoms with Crippen molar-refractivity contribution in [2.45, 2.75) is 24.5 Å². The second kappa shape index (κ2) is 13.1. The molecule has 2 aromatic rings. The molecule has 9 N–H and O–H groups in total. The Kier molecular flexibility index (Phi) is 11.9. The molecule has 0 aliphatic carbocycles. The number of nitrogens with zero attached hydrogens (tertiary/aromatic N) is 4. The van der Waals surface area contributed by atoms with Gasteiger partial charge in [-0.3, -0.25) is 9.13 Å². The normalized spacial score (nSPS) is 24.8. The molecule has 1 radical (unpaired) electrons. The van der Waals surface area contributed by atoms with E-state index in [-0.39, 0.29) is 40.6 Å². The molecule has 1 fully saturated rings. The SMILES string of the molecule is NCC(=O)[O-].Nc1ncnc2c1ncn2[C@@H]1O[C@H](COP(=O)([O-])OP(=O)(O)OP(=O)(O)O)[C@@H](O)[C@H]1O.[Mn+2]. The maximum atomic E-state index is 11.7. The molecule has 21 nitrogen and oxygen atoms in total. The number of rotatable bonds is 9. The second-order valence-corrected chi connectivity index (χ2v) is 10.9. The van der Waals surface area contributed by atoms with Crippen LogP contribution < -0.4 is 21.5 Å². The fourth-order valence-electron chi connectivity index (χ4n) is 2.62. The molecule has 0 saturated carbocycles. The van der Waals surface area contributed by atoms with Gasteiger partial charge in [0.25, 0.3) is 7.82 Å². The molecule has 209 valence electrons. The third-order valence-electron chi connectivity index (χ3n) is 3.97. The summed E-state index contributed by atoms with van der Waals surface area (Å²) in [6.07, 6.45) is -3.82. The van der Waals surface area contributed by atoms with E-state index in [4.69, 9.17) is 35.1 Å². The summed E-state index contributed by atoms with van der Waals surface area (Å²) in [6.45, 7) is -1.41. The summed E-state index contributed by atoms with van der Waals surface area (Å²) in [5, 5.41) is 29.5. The van der Waals surface area contributed by atoms with Crippen molar-refractivity contribution in [1.29, 1.82) is 0 Å². The summed E-state index contributed by atoms with van der Waals surface area (Å²) in [4.78, 5) is 58.5.